The minimum absolute atomic E-state index is 0.0753. The van der Waals surface area contributed by atoms with Gasteiger partial charge >= 0.3 is 6.03 Å². The first-order valence-corrected chi connectivity index (χ1v) is 6.44. The van der Waals surface area contributed by atoms with Crippen LogP contribution in [0.15, 0.2) is 24.3 Å². The number of anilines is 1. The SMILES string of the molecule is CCNC(C)c1ccccc1NC(=O)N(C)CC. The molecule has 4 nitrogen and oxygen atoms in total. The van der Waals surface area contributed by atoms with Crippen molar-refractivity contribution in [3.8, 4) is 0 Å². The van der Waals surface area contributed by atoms with Gasteiger partial charge in [0.2, 0.25) is 0 Å². The van der Waals surface area contributed by atoms with Crippen LogP contribution in [-0.2, 0) is 0 Å². The summed E-state index contributed by atoms with van der Waals surface area (Å²) in [5, 5.41) is 6.30. The van der Waals surface area contributed by atoms with Gasteiger partial charge in [0.25, 0.3) is 0 Å². The molecule has 2 N–H and O–H groups in total. The second-order valence-electron chi connectivity index (χ2n) is 4.31. The standard InChI is InChI=1S/C14H23N3O/c1-5-15-11(3)12-9-7-8-10-13(12)16-14(18)17(4)6-2/h7-11,15H,5-6H2,1-4H3,(H,16,18). The van der Waals surface area contributed by atoms with E-state index >= 15 is 0 Å². The molecule has 4 heteroatoms. The summed E-state index contributed by atoms with van der Waals surface area (Å²) in [5.41, 5.74) is 1.98. The molecule has 1 aromatic carbocycles. The summed E-state index contributed by atoms with van der Waals surface area (Å²) in [7, 11) is 1.78. The Kier molecular flexibility index (Phi) is 5.65. The van der Waals surface area contributed by atoms with E-state index in [9.17, 15) is 4.79 Å². The summed E-state index contributed by atoms with van der Waals surface area (Å²) in [6.45, 7) is 7.71. The number of hydrogen-bond donors (Lipinski definition) is 2. The maximum absolute atomic E-state index is 11.9. The zero-order valence-electron chi connectivity index (χ0n) is 11.7. The van der Waals surface area contributed by atoms with Gasteiger partial charge in [-0.1, -0.05) is 25.1 Å². The van der Waals surface area contributed by atoms with Crippen molar-refractivity contribution < 1.29 is 4.79 Å². The maximum Gasteiger partial charge on any atom is 0.321 e. The van der Waals surface area contributed by atoms with Gasteiger partial charge in [-0.2, -0.15) is 0 Å². The van der Waals surface area contributed by atoms with Crippen LogP contribution >= 0.6 is 0 Å². The molecule has 0 bridgehead atoms. The Morgan fingerprint density at radius 3 is 2.61 bits per heavy atom. The predicted octanol–water partition coefficient (Wildman–Crippen LogP) is 2.84. The van der Waals surface area contributed by atoms with Crippen LogP contribution in [0, 0.1) is 0 Å². The molecule has 18 heavy (non-hydrogen) atoms. The second kappa shape index (κ2) is 7.01. The van der Waals surface area contributed by atoms with Gasteiger partial charge in [-0.05, 0) is 32.0 Å². The van der Waals surface area contributed by atoms with Crippen molar-refractivity contribution >= 4 is 11.7 Å². The summed E-state index contributed by atoms with van der Waals surface area (Å²) in [6.07, 6.45) is 0. The number of nitrogens with zero attached hydrogens (tertiary/aromatic N) is 1. The molecule has 2 amide bonds. The van der Waals surface area contributed by atoms with Crippen LogP contribution < -0.4 is 10.6 Å². The van der Waals surface area contributed by atoms with E-state index in [1.165, 1.54) is 0 Å². The van der Waals surface area contributed by atoms with Crippen LogP contribution in [-0.4, -0.2) is 31.1 Å². The smallest absolute Gasteiger partial charge is 0.321 e. The molecule has 0 spiro atoms. The number of hydrogen-bond acceptors (Lipinski definition) is 2. The lowest BCUT2D eigenvalue weighted by Gasteiger charge is -2.20. The number of amides is 2. The third-order valence-electron chi connectivity index (χ3n) is 3.00. The highest BCUT2D eigenvalue weighted by Gasteiger charge is 2.12. The molecule has 0 aliphatic carbocycles. The monoisotopic (exact) mass is 249 g/mol. The summed E-state index contributed by atoms with van der Waals surface area (Å²) >= 11 is 0. The molecule has 0 aliphatic heterocycles. The van der Waals surface area contributed by atoms with Gasteiger partial charge < -0.3 is 15.5 Å². The molecule has 1 atom stereocenters. The van der Waals surface area contributed by atoms with Gasteiger partial charge in [0.1, 0.15) is 0 Å². The van der Waals surface area contributed by atoms with E-state index in [1.807, 2.05) is 31.2 Å². The van der Waals surface area contributed by atoms with Crippen molar-refractivity contribution in [2.45, 2.75) is 26.8 Å². The average Bonchev–Trinajstić information content (AvgIpc) is 2.38. The van der Waals surface area contributed by atoms with Gasteiger partial charge in [-0.15, -0.1) is 0 Å². The zero-order chi connectivity index (χ0) is 13.5. The lowest BCUT2D eigenvalue weighted by Crippen LogP contribution is -2.31. The molecule has 0 saturated carbocycles. The Morgan fingerprint density at radius 2 is 2.00 bits per heavy atom. The fraction of sp³-hybridized carbons (Fsp3) is 0.500. The van der Waals surface area contributed by atoms with E-state index in [4.69, 9.17) is 0 Å². The van der Waals surface area contributed by atoms with Crippen molar-refractivity contribution in [3.63, 3.8) is 0 Å². The van der Waals surface area contributed by atoms with E-state index in [1.54, 1.807) is 11.9 Å². The largest absolute Gasteiger partial charge is 0.328 e. The molecule has 1 aromatic rings. The van der Waals surface area contributed by atoms with E-state index in [0.717, 1.165) is 17.8 Å². The topological polar surface area (TPSA) is 44.4 Å². The fourth-order valence-electron chi connectivity index (χ4n) is 1.76. The van der Waals surface area contributed by atoms with Gasteiger partial charge in [0.15, 0.2) is 0 Å². The lowest BCUT2D eigenvalue weighted by molar-refractivity contribution is 0.224. The predicted molar refractivity (Wildman–Crippen MR) is 75.9 cm³/mol. The molecular weight excluding hydrogens is 226 g/mol. The number of urea groups is 1. The van der Waals surface area contributed by atoms with Crippen molar-refractivity contribution in [1.82, 2.24) is 10.2 Å². The Morgan fingerprint density at radius 1 is 1.33 bits per heavy atom. The van der Waals surface area contributed by atoms with E-state index in [-0.39, 0.29) is 12.1 Å². The lowest BCUT2D eigenvalue weighted by atomic mass is 10.1. The maximum atomic E-state index is 11.9. The highest BCUT2D eigenvalue weighted by atomic mass is 16.2. The first-order chi connectivity index (χ1) is 8.60. The van der Waals surface area contributed by atoms with Crippen molar-refractivity contribution in [2.75, 3.05) is 25.5 Å². The van der Waals surface area contributed by atoms with Crippen LogP contribution in [0.2, 0.25) is 0 Å². The number of nitrogens with one attached hydrogen (secondary N) is 2. The minimum Gasteiger partial charge on any atom is -0.328 e. The summed E-state index contributed by atoms with van der Waals surface area (Å²) < 4.78 is 0. The highest BCUT2D eigenvalue weighted by molar-refractivity contribution is 5.90. The Labute approximate surface area is 109 Å². The Bertz CT molecular complexity index is 392. The molecule has 0 fully saturated rings. The minimum atomic E-state index is -0.0753. The van der Waals surface area contributed by atoms with Crippen LogP contribution in [0.25, 0.3) is 0 Å². The number of rotatable bonds is 5. The number of para-hydroxylation sites is 1. The van der Waals surface area contributed by atoms with Crippen LogP contribution in [0.4, 0.5) is 10.5 Å². The average molecular weight is 249 g/mol. The molecule has 100 valence electrons. The van der Waals surface area contributed by atoms with Gasteiger partial charge in [-0.25, -0.2) is 4.79 Å². The van der Waals surface area contributed by atoms with Crippen LogP contribution in [0.3, 0.4) is 0 Å². The molecule has 0 radical (unpaired) electrons. The van der Waals surface area contributed by atoms with Gasteiger partial charge in [0, 0.05) is 25.3 Å². The molecule has 0 aliphatic rings. The highest BCUT2D eigenvalue weighted by Crippen LogP contribution is 2.22. The summed E-state index contributed by atoms with van der Waals surface area (Å²) in [4.78, 5) is 13.5. The van der Waals surface area contributed by atoms with E-state index in [0.29, 0.717) is 6.54 Å². The number of carbonyl (C=O) groups excluding carboxylic acids is 1. The van der Waals surface area contributed by atoms with E-state index < -0.39 is 0 Å². The zero-order valence-corrected chi connectivity index (χ0v) is 11.7. The Hall–Kier alpha value is -1.55. The van der Waals surface area contributed by atoms with Crippen molar-refractivity contribution in [3.05, 3.63) is 29.8 Å². The number of carbonyl (C=O) groups is 1. The molecule has 0 heterocycles. The number of benzene rings is 1. The quantitative estimate of drug-likeness (QED) is 0.842. The van der Waals surface area contributed by atoms with Crippen LogP contribution in [0.5, 0.6) is 0 Å². The molecule has 1 rings (SSSR count). The first kappa shape index (κ1) is 14.5. The second-order valence-corrected chi connectivity index (χ2v) is 4.31. The third kappa shape index (κ3) is 3.74. The third-order valence-corrected chi connectivity index (χ3v) is 3.00. The molecule has 0 aromatic heterocycles. The molecule has 0 saturated heterocycles. The van der Waals surface area contributed by atoms with E-state index in [2.05, 4.69) is 24.5 Å². The molecular formula is C14H23N3O. The molecule has 1 unspecified atom stereocenters. The summed E-state index contributed by atoms with van der Waals surface area (Å²) in [5.74, 6) is 0. The normalized spacial score (nSPS) is 12.0. The Balaban J connectivity index is 2.85. The first-order valence-electron chi connectivity index (χ1n) is 6.44. The van der Waals surface area contributed by atoms with Gasteiger partial charge in [-0.3, -0.25) is 0 Å². The summed E-state index contributed by atoms with van der Waals surface area (Å²) in [6, 6.07) is 8.04. The van der Waals surface area contributed by atoms with Crippen molar-refractivity contribution in [2.24, 2.45) is 0 Å². The fourth-order valence-corrected chi connectivity index (χ4v) is 1.76. The van der Waals surface area contributed by atoms with Gasteiger partial charge in [0.05, 0.1) is 0 Å². The van der Waals surface area contributed by atoms with Crippen molar-refractivity contribution in [1.29, 1.82) is 0 Å². The van der Waals surface area contributed by atoms with Crippen LogP contribution in [0.1, 0.15) is 32.4 Å².